The molecule has 7 rings (SSSR count). The first-order valence-corrected chi connectivity index (χ1v) is 13.1. The van der Waals surface area contributed by atoms with Gasteiger partial charge >= 0.3 is 0 Å². The van der Waals surface area contributed by atoms with Gasteiger partial charge in [-0.15, -0.1) is 22.7 Å². The maximum atomic E-state index is 11.9. The van der Waals surface area contributed by atoms with E-state index in [2.05, 4.69) is 37.4 Å². The van der Waals surface area contributed by atoms with Crippen LogP contribution < -0.4 is 11.1 Å². The van der Waals surface area contributed by atoms with Crippen molar-refractivity contribution in [1.82, 2.24) is 15.3 Å². The van der Waals surface area contributed by atoms with Crippen LogP contribution in [0.2, 0.25) is 0 Å². The highest BCUT2D eigenvalue weighted by Gasteiger charge is 2.31. The molecule has 174 valence electrons. The molecule has 1 amide bonds. The number of benzene rings is 2. The summed E-state index contributed by atoms with van der Waals surface area (Å²) < 4.78 is 2.32. The smallest absolute Gasteiger partial charge is 0.227 e. The summed E-state index contributed by atoms with van der Waals surface area (Å²) in [6.07, 6.45) is 5.89. The first kappa shape index (κ1) is 21.8. The number of nitrogens with one attached hydrogen (secondary N) is 1. The minimum Gasteiger partial charge on any atom is -0.397 e. The van der Waals surface area contributed by atoms with E-state index >= 15 is 0 Å². The number of rotatable bonds is 4. The molecule has 2 aromatic carbocycles. The summed E-state index contributed by atoms with van der Waals surface area (Å²) in [5.74, 6) is 0.320. The van der Waals surface area contributed by atoms with E-state index < -0.39 is 0 Å². The van der Waals surface area contributed by atoms with Crippen LogP contribution in [0.4, 0.5) is 0 Å². The summed E-state index contributed by atoms with van der Waals surface area (Å²) in [5, 5.41) is 4.79. The molecule has 4 heterocycles. The number of amides is 1. The monoisotopic (exact) mass is 498 g/mol. The van der Waals surface area contributed by atoms with Gasteiger partial charge in [0, 0.05) is 5.92 Å². The third-order valence-electron chi connectivity index (χ3n) is 5.83. The minimum absolute atomic E-state index is 0.118. The van der Waals surface area contributed by atoms with E-state index in [1.165, 1.54) is 4.70 Å². The van der Waals surface area contributed by atoms with Crippen molar-refractivity contribution >= 4 is 60.4 Å². The van der Waals surface area contributed by atoms with E-state index in [0.717, 1.165) is 61.4 Å². The van der Waals surface area contributed by atoms with Crippen LogP contribution in [0.3, 0.4) is 0 Å². The third kappa shape index (κ3) is 4.52. The van der Waals surface area contributed by atoms with Gasteiger partial charge in [-0.2, -0.15) is 0 Å². The van der Waals surface area contributed by atoms with Crippen LogP contribution in [0.25, 0.3) is 20.4 Å². The van der Waals surface area contributed by atoms with E-state index in [0.29, 0.717) is 13.1 Å². The van der Waals surface area contributed by atoms with E-state index in [-0.39, 0.29) is 11.8 Å². The average Bonchev–Trinajstić information content (AvgIpc) is 3.22. The van der Waals surface area contributed by atoms with Gasteiger partial charge in [0.05, 0.1) is 44.9 Å². The van der Waals surface area contributed by atoms with Crippen LogP contribution in [-0.2, 0) is 4.79 Å². The molecule has 3 aliphatic rings. The highest BCUT2D eigenvalue weighted by Crippen LogP contribution is 2.30. The maximum Gasteiger partial charge on any atom is 0.227 e. The Hall–Kier alpha value is -3.69. The number of hydrogen-bond donors (Lipinski definition) is 2. The Kier molecular flexibility index (Phi) is 5.71. The number of carbonyl (C=O) groups excluding carboxylic acids is 1. The molecule has 0 unspecified atom stereocenters. The molecule has 4 aromatic rings. The molecule has 35 heavy (non-hydrogen) atoms. The van der Waals surface area contributed by atoms with Gasteiger partial charge in [-0.25, -0.2) is 9.97 Å². The van der Waals surface area contributed by atoms with Crippen molar-refractivity contribution in [3.8, 4) is 0 Å². The van der Waals surface area contributed by atoms with Crippen molar-refractivity contribution in [1.29, 1.82) is 0 Å². The minimum atomic E-state index is 0.118. The Morgan fingerprint density at radius 3 is 1.97 bits per heavy atom. The van der Waals surface area contributed by atoms with Crippen LogP contribution in [-0.4, -0.2) is 40.4 Å². The van der Waals surface area contributed by atoms with Crippen molar-refractivity contribution in [2.75, 3.05) is 13.1 Å². The summed E-state index contributed by atoms with van der Waals surface area (Å²) in [6, 6.07) is 16.1. The zero-order valence-electron chi connectivity index (χ0n) is 18.8. The van der Waals surface area contributed by atoms with Crippen molar-refractivity contribution in [3.63, 3.8) is 0 Å². The average molecular weight is 499 g/mol. The van der Waals surface area contributed by atoms with Gasteiger partial charge in [-0.3, -0.25) is 14.8 Å². The summed E-state index contributed by atoms with van der Waals surface area (Å²) in [7, 11) is 0. The lowest BCUT2D eigenvalue weighted by molar-refractivity contribution is -0.121. The van der Waals surface area contributed by atoms with Gasteiger partial charge in [0.1, 0.15) is 21.4 Å². The zero-order valence-corrected chi connectivity index (χ0v) is 20.4. The van der Waals surface area contributed by atoms with Crippen molar-refractivity contribution in [3.05, 3.63) is 82.1 Å². The molecule has 9 heteroatoms. The van der Waals surface area contributed by atoms with Crippen molar-refractivity contribution < 1.29 is 4.79 Å². The second kappa shape index (κ2) is 9.16. The fourth-order valence-electron chi connectivity index (χ4n) is 3.84. The normalized spacial score (nSPS) is 16.9. The van der Waals surface area contributed by atoms with Gasteiger partial charge in [0.25, 0.3) is 0 Å². The van der Waals surface area contributed by atoms with Crippen LogP contribution in [0.1, 0.15) is 22.9 Å². The summed E-state index contributed by atoms with van der Waals surface area (Å²) in [5.41, 5.74) is 11.1. The molecule has 7 nitrogen and oxygen atoms in total. The maximum absolute atomic E-state index is 11.9. The number of nitrogens with two attached hydrogens (primary N) is 1. The Bertz CT molecular complexity index is 1500. The topological polar surface area (TPSA) is 106 Å². The van der Waals surface area contributed by atoms with Gasteiger partial charge in [-0.1, -0.05) is 24.3 Å². The number of carbonyl (C=O) groups is 1. The molecule has 0 atom stereocenters. The molecule has 3 N–H and O–H groups in total. The van der Waals surface area contributed by atoms with Crippen molar-refractivity contribution in [2.45, 2.75) is 12.8 Å². The largest absolute Gasteiger partial charge is 0.397 e. The van der Waals surface area contributed by atoms with Crippen LogP contribution >= 0.6 is 22.7 Å². The number of fused-ring (bicyclic) bond motifs is 2. The molecular formula is C26H22N6OS2. The Balaban J connectivity index is 0.000000136. The molecular weight excluding hydrogens is 476 g/mol. The summed E-state index contributed by atoms with van der Waals surface area (Å²) in [4.78, 5) is 29.8. The Labute approximate surface area is 209 Å². The number of para-hydroxylation sites is 2. The number of thiazole rings is 2. The second-order valence-corrected chi connectivity index (χ2v) is 10.5. The molecule has 2 aliphatic heterocycles. The first-order valence-electron chi connectivity index (χ1n) is 11.4. The van der Waals surface area contributed by atoms with Gasteiger partial charge in [0.15, 0.2) is 0 Å². The molecule has 1 aliphatic carbocycles. The zero-order chi connectivity index (χ0) is 23.8. The van der Waals surface area contributed by atoms with E-state index in [1.807, 2.05) is 48.6 Å². The summed E-state index contributed by atoms with van der Waals surface area (Å²) >= 11 is 3.25. The molecule has 0 bridgehead atoms. The summed E-state index contributed by atoms with van der Waals surface area (Å²) in [6.45, 7) is 1.29. The second-order valence-electron chi connectivity index (χ2n) is 8.39. The van der Waals surface area contributed by atoms with Gasteiger partial charge < -0.3 is 11.1 Å². The SMILES string of the molecule is NC1=CCN=C1c1nc2ccccc2s1.O=C(NC1=CCN=C1c1nc2ccccc2s1)C1CC1. The van der Waals surface area contributed by atoms with Crippen LogP contribution in [0.15, 0.2) is 82.1 Å². The van der Waals surface area contributed by atoms with Crippen LogP contribution in [0, 0.1) is 5.92 Å². The van der Waals surface area contributed by atoms with E-state index in [9.17, 15) is 4.79 Å². The highest BCUT2D eigenvalue weighted by atomic mass is 32.1. The predicted molar refractivity (Wildman–Crippen MR) is 143 cm³/mol. The molecule has 0 saturated heterocycles. The van der Waals surface area contributed by atoms with Crippen molar-refractivity contribution in [2.24, 2.45) is 21.6 Å². The quantitative estimate of drug-likeness (QED) is 0.434. The fourth-order valence-corrected chi connectivity index (χ4v) is 5.83. The Morgan fingerprint density at radius 1 is 0.829 bits per heavy atom. The predicted octanol–water partition coefficient (Wildman–Crippen LogP) is 4.45. The number of nitrogens with zero attached hydrogens (tertiary/aromatic N) is 4. The molecule has 0 radical (unpaired) electrons. The molecule has 2 aromatic heterocycles. The highest BCUT2D eigenvalue weighted by molar-refractivity contribution is 7.20. The van der Waals surface area contributed by atoms with E-state index in [4.69, 9.17) is 5.73 Å². The van der Waals surface area contributed by atoms with E-state index in [1.54, 1.807) is 22.7 Å². The number of hydrogen-bond acceptors (Lipinski definition) is 8. The standard InChI is InChI=1S/C15H13N3OS.C11H9N3S/c19-14(9-5-6-9)17-11-7-8-16-13(11)15-18-10-3-1-2-4-12(10)20-15;12-7-5-6-13-10(7)11-14-8-3-1-2-4-9(8)15-11/h1-4,7,9H,5-6,8H2,(H,17,19);1-5H,6,12H2. The van der Waals surface area contributed by atoms with Gasteiger partial charge in [-0.05, 0) is 49.3 Å². The lowest BCUT2D eigenvalue weighted by Gasteiger charge is -2.06. The third-order valence-corrected chi connectivity index (χ3v) is 7.92. The molecule has 0 spiro atoms. The Morgan fingerprint density at radius 2 is 1.40 bits per heavy atom. The lowest BCUT2D eigenvalue weighted by Crippen LogP contribution is -2.27. The molecule has 1 saturated carbocycles. The number of aromatic nitrogens is 2. The van der Waals surface area contributed by atoms with Crippen LogP contribution in [0.5, 0.6) is 0 Å². The fraction of sp³-hybridized carbons (Fsp3) is 0.192. The van der Waals surface area contributed by atoms with Gasteiger partial charge in [0.2, 0.25) is 5.91 Å². The number of aliphatic imine (C=N–C) groups is 2. The lowest BCUT2D eigenvalue weighted by atomic mass is 10.2. The first-order chi connectivity index (χ1) is 17.2. The molecule has 1 fully saturated rings. The number of allylic oxidation sites excluding steroid dienone is 2.